The fraction of sp³-hybridized carbons (Fsp3) is 0.115. The third-order valence-electron chi connectivity index (χ3n) is 11.8. The van der Waals surface area contributed by atoms with Crippen molar-refractivity contribution in [3.63, 3.8) is 0 Å². The predicted molar refractivity (Wildman–Crippen MR) is 251 cm³/mol. The average molecular weight is 755 g/mol. The van der Waals surface area contributed by atoms with E-state index in [2.05, 4.69) is 219 Å². The first kappa shape index (κ1) is 34.5. The topological polar surface area (TPSA) is 8.17 Å². The summed E-state index contributed by atoms with van der Waals surface area (Å²) in [6.07, 6.45) is 0. The number of hydrogen-bond donors (Lipinski definition) is 0. The molecule has 0 saturated heterocycles. The summed E-state index contributed by atoms with van der Waals surface area (Å²) >= 11 is 0. The molecule has 10 aromatic rings. The van der Waals surface area contributed by atoms with Crippen molar-refractivity contribution in [3.8, 4) is 16.8 Å². The first-order chi connectivity index (χ1) is 27.0. The second kappa shape index (κ2) is 12.8. The summed E-state index contributed by atoms with van der Waals surface area (Å²) in [5.74, 6) is 0. The minimum Gasteiger partial charge on any atom is -0.310 e. The zero-order chi connectivity index (χ0) is 38.3. The Hall–Kier alpha value is -5.95. The average Bonchev–Trinajstić information content (AvgIpc) is 3.53. The molecule has 0 aliphatic heterocycles. The van der Waals surface area contributed by atoms with Crippen molar-refractivity contribution >= 4 is 97.7 Å². The lowest BCUT2D eigenvalue weighted by atomic mass is 9.90. The van der Waals surface area contributed by atoms with E-state index in [-0.39, 0.29) is 0 Å². The van der Waals surface area contributed by atoms with Crippen molar-refractivity contribution in [1.82, 2.24) is 4.57 Å². The van der Waals surface area contributed by atoms with Crippen LogP contribution in [0.2, 0.25) is 39.3 Å². The molecule has 9 aromatic carbocycles. The van der Waals surface area contributed by atoms with Crippen LogP contribution in [-0.2, 0) is 0 Å². The molecule has 0 bridgehead atoms. The van der Waals surface area contributed by atoms with Crippen LogP contribution < -0.4 is 15.3 Å². The zero-order valence-electron chi connectivity index (χ0n) is 33.1. The number of anilines is 3. The third kappa shape index (κ3) is 5.75. The van der Waals surface area contributed by atoms with Gasteiger partial charge in [-0.1, -0.05) is 141 Å². The highest BCUT2D eigenvalue weighted by Gasteiger charge is 2.22. The lowest BCUT2D eigenvalue weighted by molar-refractivity contribution is 1.18. The molecule has 10 rings (SSSR count). The van der Waals surface area contributed by atoms with Crippen molar-refractivity contribution in [2.45, 2.75) is 39.3 Å². The van der Waals surface area contributed by atoms with E-state index < -0.39 is 16.1 Å². The minimum absolute atomic E-state index is 1.18. The number of fused-ring (bicyclic) bond motifs is 3. The zero-order valence-corrected chi connectivity index (χ0v) is 35.1. The first-order valence-corrected chi connectivity index (χ1v) is 26.8. The Kier molecular flexibility index (Phi) is 7.90. The smallest absolute Gasteiger partial charge is 0.0775 e. The summed E-state index contributed by atoms with van der Waals surface area (Å²) in [6.45, 7) is 14.5. The van der Waals surface area contributed by atoms with Crippen molar-refractivity contribution in [3.05, 3.63) is 170 Å². The van der Waals surface area contributed by atoms with Gasteiger partial charge in [0.05, 0.1) is 27.2 Å². The number of rotatable bonds is 7. The Morgan fingerprint density at radius 2 is 0.857 bits per heavy atom. The Bertz CT molecular complexity index is 2950. The van der Waals surface area contributed by atoms with Crippen LogP contribution in [0.3, 0.4) is 0 Å². The highest BCUT2D eigenvalue weighted by atomic mass is 28.3. The molecular formula is C52H46N2Si2. The number of hydrogen-bond acceptors (Lipinski definition) is 1. The summed E-state index contributed by atoms with van der Waals surface area (Å²) in [6, 6.07) is 64.0. The van der Waals surface area contributed by atoms with E-state index in [1.54, 1.807) is 0 Å². The van der Waals surface area contributed by atoms with Gasteiger partial charge in [0, 0.05) is 33.5 Å². The number of para-hydroxylation sites is 2. The van der Waals surface area contributed by atoms with E-state index >= 15 is 0 Å². The van der Waals surface area contributed by atoms with Crippen LogP contribution in [0.1, 0.15) is 0 Å². The molecule has 0 amide bonds. The molecular weight excluding hydrogens is 709 g/mol. The molecule has 0 unspecified atom stereocenters. The molecule has 0 atom stereocenters. The molecule has 56 heavy (non-hydrogen) atoms. The third-order valence-corrected chi connectivity index (χ3v) is 15.9. The van der Waals surface area contributed by atoms with Gasteiger partial charge in [-0.05, 0) is 122 Å². The fourth-order valence-electron chi connectivity index (χ4n) is 8.79. The van der Waals surface area contributed by atoms with Crippen LogP contribution in [0.15, 0.2) is 170 Å². The molecule has 0 aliphatic rings. The van der Waals surface area contributed by atoms with Crippen LogP contribution in [0, 0.1) is 0 Å². The van der Waals surface area contributed by atoms with Crippen LogP contribution in [0.25, 0.3) is 70.9 Å². The maximum atomic E-state index is 2.44. The van der Waals surface area contributed by atoms with Gasteiger partial charge >= 0.3 is 0 Å². The fourth-order valence-corrected chi connectivity index (χ4v) is 11.1. The Balaban J connectivity index is 1.10. The quantitative estimate of drug-likeness (QED) is 0.116. The minimum atomic E-state index is -1.43. The Labute approximate surface area is 331 Å². The van der Waals surface area contributed by atoms with Gasteiger partial charge < -0.3 is 9.47 Å². The molecule has 4 heteroatoms. The van der Waals surface area contributed by atoms with Gasteiger partial charge in [-0.25, -0.2) is 0 Å². The summed E-state index contributed by atoms with van der Waals surface area (Å²) in [7, 11) is -2.87. The van der Waals surface area contributed by atoms with E-state index in [0.717, 1.165) is 0 Å². The largest absolute Gasteiger partial charge is 0.310 e. The van der Waals surface area contributed by atoms with E-state index in [1.807, 2.05) is 0 Å². The molecule has 0 radical (unpaired) electrons. The summed E-state index contributed by atoms with van der Waals surface area (Å²) < 4.78 is 2.38. The molecule has 0 saturated carbocycles. The summed E-state index contributed by atoms with van der Waals surface area (Å²) in [4.78, 5) is 2.44. The normalized spacial score (nSPS) is 12.5. The second-order valence-corrected chi connectivity index (χ2v) is 27.7. The SMILES string of the molecule is C[Si](C)(C)c1ccc(N(c2ccc([Si](C)(C)C)cc2)c2cc3ccc4cc(-c5ccc6c(c5)c5ccccc5n6-c5ccccc5)cc5ccc(c2)c3c45)cc1. The van der Waals surface area contributed by atoms with Crippen LogP contribution in [-0.4, -0.2) is 20.7 Å². The second-order valence-electron chi connectivity index (χ2n) is 17.5. The Morgan fingerprint density at radius 3 is 1.39 bits per heavy atom. The monoisotopic (exact) mass is 754 g/mol. The number of benzene rings is 9. The van der Waals surface area contributed by atoms with Crippen molar-refractivity contribution < 1.29 is 0 Å². The van der Waals surface area contributed by atoms with E-state index in [4.69, 9.17) is 0 Å². The number of nitrogens with zero attached hydrogens (tertiary/aromatic N) is 2. The van der Waals surface area contributed by atoms with Crippen LogP contribution >= 0.6 is 0 Å². The van der Waals surface area contributed by atoms with Gasteiger partial charge in [0.2, 0.25) is 0 Å². The highest BCUT2D eigenvalue weighted by Crippen LogP contribution is 2.43. The van der Waals surface area contributed by atoms with Crippen molar-refractivity contribution in [2.75, 3.05) is 4.90 Å². The molecule has 1 aromatic heterocycles. The molecule has 0 aliphatic carbocycles. The Morgan fingerprint density at radius 1 is 0.375 bits per heavy atom. The molecule has 0 N–H and O–H groups in total. The van der Waals surface area contributed by atoms with E-state index in [9.17, 15) is 0 Å². The maximum absolute atomic E-state index is 2.44. The molecule has 272 valence electrons. The predicted octanol–water partition coefficient (Wildman–Crippen LogP) is 13.9. The highest BCUT2D eigenvalue weighted by molar-refractivity contribution is 6.89. The summed E-state index contributed by atoms with van der Waals surface area (Å²) in [5.41, 5.74) is 9.67. The molecule has 2 nitrogen and oxygen atoms in total. The first-order valence-electron chi connectivity index (χ1n) is 19.8. The molecule has 0 fully saturated rings. The van der Waals surface area contributed by atoms with Gasteiger partial charge in [-0.3, -0.25) is 0 Å². The lowest BCUT2D eigenvalue weighted by Crippen LogP contribution is -2.37. The maximum Gasteiger partial charge on any atom is 0.0775 e. The van der Waals surface area contributed by atoms with E-state index in [0.29, 0.717) is 0 Å². The van der Waals surface area contributed by atoms with Gasteiger partial charge in [0.1, 0.15) is 0 Å². The van der Waals surface area contributed by atoms with Gasteiger partial charge in [0.15, 0.2) is 0 Å². The van der Waals surface area contributed by atoms with Crippen molar-refractivity contribution in [1.29, 1.82) is 0 Å². The molecule has 0 spiro atoms. The van der Waals surface area contributed by atoms with Gasteiger partial charge in [0.25, 0.3) is 0 Å². The summed E-state index contributed by atoms with van der Waals surface area (Å²) in [5, 5.41) is 13.2. The van der Waals surface area contributed by atoms with Crippen LogP contribution in [0.4, 0.5) is 17.1 Å². The van der Waals surface area contributed by atoms with Gasteiger partial charge in [-0.2, -0.15) is 0 Å². The number of aromatic nitrogens is 1. The van der Waals surface area contributed by atoms with Crippen LogP contribution in [0.5, 0.6) is 0 Å². The van der Waals surface area contributed by atoms with E-state index in [1.165, 1.54) is 98.4 Å². The van der Waals surface area contributed by atoms with Gasteiger partial charge in [-0.15, -0.1) is 0 Å². The molecule has 1 heterocycles. The van der Waals surface area contributed by atoms with Crippen molar-refractivity contribution in [2.24, 2.45) is 0 Å². The standard InChI is InChI=1S/C52H46N2Si2/c1-55(2,3)45-25-21-42(22-26-45)53(43-23-27-46(28-24-43)56(4,5)6)44-32-38-18-16-36-30-40(31-37-17-19-39(33-44)52(38)51(36)37)35-20-29-50-48(34-35)47-14-10-11-15-49(47)54(50)41-12-8-7-9-13-41/h7-34H,1-6H3. The lowest BCUT2D eigenvalue weighted by Gasteiger charge is -2.28.